The molecule has 4 nitrogen and oxygen atoms in total. The summed E-state index contributed by atoms with van der Waals surface area (Å²) in [5, 5.41) is 9.73. The number of ether oxygens (including phenoxy) is 1. The summed E-state index contributed by atoms with van der Waals surface area (Å²) in [4.78, 5) is 13.9. The maximum absolute atomic E-state index is 12.2. The number of carbonyl (C=O) groups is 1. The fourth-order valence-corrected chi connectivity index (χ4v) is 3.19. The first-order valence-electron chi connectivity index (χ1n) is 8.20. The number of hydrogen-bond donors (Lipinski definition) is 0. The first kappa shape index (κ1) is 17.3. The Balaban J connectivity index is 2.03. The van der Waals surface area contributed by atoms with Crippen LogP contribution in [0.15, 0.2) is 30.3 Å². The number of nitriles is 1. The minimum atomic E-state index is -0.486. The SMILES string of the molecule is CN(C(=O)OC(C)(C)C)C1CCC(C#N)(c2ccccc2)CC1. The molecule has 0 heterocycles. The molecule has 23 heavy (non-hydrogen) atoms. The highest BCUT2D eigenvalue weighted by atomic mass is 16.6. The average molecular weight is 314 g/mol. The van der Waals surface area contributed by atoms with Gasteiger partial charge in [-0.15, -0.1) is 0 Å². The number of carbonyl (C=O) groups excluding carboxylic acids is 1. The summed E-state index contributed by atoms with van der Waals surface area (Å²) in [5.41, 5.74) is 0.174. The van der Waals surface area contributed by atoms with E-state index in [0.717, 1.165) is 31.2 Å². The smallest absolute Gasteiger partial charge is 0.410 e. The monoisotopic (exact) mass is 314 g/mol. The lowest BCUT2D eigenvalue weighted by atomic mass is 9.69. The normalized spacial score (nSPS) is 24.6. The van der Waals surface area contributed by atoms with E-state index in [1.165, 1.54) is 0 Å². The van der Waals surface area contributed by atoms with Crippen LogP contribution in [0.4, 0.5) is 4.79 Å². The predicted octanol–water partition coefficient (Wildman–Crippen LogP) is 4.26. The van der Waals surface area contributed by atoms with Crippen LogP contribution >= 0.6 is 0 Å². The molecule has 0 aliphatic heterocycles. The molecule has 0 bridgehead atoms. The second-order valence-corrected chi connectivity index (χ2v) is 7.38. The van der Waals surface area contributed by atoms with Gasteiger partial charge in [-0.3, -0.25) is 0 Å². The third kappa shape index (κ3) is 4.04. The van der Waals surface area contributed by atoms with Crippen molar-refractivity contribution in [1.29, 1.82) is 5.26 Å². The molecule has 1 aliphatic carbocycles. The Morgan fingerprint density at radius 2 is 1.83 bits per heavy atom. The third-order valence-electron chi connectivity index (χ3n) is 4.58. The van der Waals surface area contributed by atoms with Gasteiger partial charge in [0.25, 0.3) is 0 Å². The van der Waals surface area contributed by atoms with Crippen LogP contribution in [0.2, 0.25) is 0 Å². The molecule has 1 aromatic rings. The molecule has 0 unspecified atom stereocenters. The van der Waals surface area contributed by atoms with E-state index in [9.17, 15) is 10.1 Å². The Kier molecular flexibility index (Phi) is 4.99. The molecule has 0 atom stereocenters. The zero-order valence-corrected chi connectivity index (χ0v) is 14.5. The van der Waals surface area contributed by atoms with Gasteiger partial charge in [0.05, 0.1) is 11.5 Å². The van der Waals surface area contributed by atoms with Gasteiger partial charge in [-0.1, -0.05) is 30.3 Å². The minimum absolute atomic E-state index is 0.134. The van der Waals surface area contributed by atoms with Gasteiger partial charge in [0.1, 0.15) is 5.60 Å². The predicted molar refractivity (Wildman–Crippen MR) is 90.0 cm³/mol. The minimum Gasteiger partial charge on any atom is -0.444 e. The zero-order chi connectivity index (χ0) is 17.1. The molecule has 0 spiro atoms. The summed E-state index contributed by atoms with van der Waals surface area (Å²) in [7, 11) is 1.79. The first-order chi connectivity index (χ1) is 10.8. The van der Waals surface area contributed by atoms with Crippen LogP contribution in [-0.4, -0.2) is 29.7 Å². The maximum Gasteiger partial charge on any atom is 0.410 e. The largest absolute Gasteiger partial charge is 0.444 e. The fourth-order valence-electron chi connectivity index (χ4n) is 3.19. The number of benzene rings is 1. The van der Waals surface area contributed by atoms with Gasteiger partial charge in [0.15, 0.2) is 0 Å². The Morgan fingerprint density at radius 1 is 1.26 bits per heavy atom. The zero-order valence-electron chi connectivity index (χ0n) is 14.5. The highest BCUT2D eigenvalue weighted by molar-refractivity contribution is 5.68. The quantitative estimate of drug-likeness (QED) is 0.819. The molecule has 1 aromatic carbocycles. The lowest BCUT2D eigenvalue weighted by molar-refractivity contribution is 0.0173. The van der Waals surface area contributed by atoms with E-state index in [1.807, 2.05) is 51.1 Å². The highest BCUT2D eigenvalue weighted by Crippen LogP contribution is 2.40. The fraction of sp³-hybridized carbons (Fsp3) is 0.579. The maximum atomic E-state index is 12.2. The van der Waals surface area contributed by atoms with Crippen molar-refractivity contribution < 1.29 is 9.53 Å². The number of rotatable bonds is 2. The van der Waals surface area contributed by atoms with Crippen molar-refractivity contribution in [3.8, 4) is 6.07 Å². The van der Waals surface area contributed by atoms with Crippen molar-refractivity contribution in [2.45, 2.75) is 63.5 Å². The first-order valence-corrected chi connectivity index (χ1v) is 8.20. The van der Waals surface area contributed by atoms with E-state index in [-0.39, 0.29) is 12.1 Å². The van der Waals surface area contributed by atoms with Crippen molar-refractivity contribution in [2.75, 3.05) is 7.05 Å². The van der Waals surface area contributed by atoms with Gasteiger partial charge in [-0.2, -0.15) is 5.26 Å². The summed E-state index contributed by atoms with van der Waals surface area (Å²) >= 11 is 0. The van der Waals surface area contributed by atoms with Gasteiger partial charge in [0.2, 0.25) is 0 Å². The van der Waals surface area contributed by atoms with Crippen LogP contribution in [0.3, 0.4) is 0 Å². The molecule has 1 saturated carbocycles. The van der Waals surface area contributed by atoms with Crippen LogP contribution < -0.4 is 0 Å². The summed E-state index contributed by atoms with van der Waals surface area (Å²) in [5.74, 6) is 0. The molecule has 0 N–H and O–H groups in total. The molecular weight excluding hydrogens is 288 g/mol. The molecule has 124 valence electrons. The Hall–Kier alpha value is -2.02. The molecule has 4 heteroatoms. The van der Waals surface area contributed by atoms with Crippen LogP contribution in [0.25, 0.3) is 0 Å². The van der Waals surface area contributed by atoms with Gasteiger partial charge in [-0.25, -0.2) is 4.79 Å². The Morgan fingerprint density at radius 3 is 2.30 bits per heavy atom. The number of amides is 1. The summed E-state index contributed by atoms with van der Waals surface area (Å²) in [6, 6.07) is 12.6. The van der Waals surface area contributed by atoms with Crippen molar-refractivity contribution >= 4 is 6.09 Å². The highest BCUT2D eigenvalue weighted by Gasteiger charge is 2.39. The van der Waals surface area contributed by atoms with E-state index >= 15 is 0 Å². The molecule has 0 saturated heterocycles. The Labute approximate surface area is 139 Å². The molecule has 2 rings (SSSR count). The molecule has 0 aromatic heterocycles. The van der Waals surface area contributed by atoms with E-state index in [0.29, 0.717) is 0 Å². The molecular formula is C19H26N2O2. The number of nitrogens with zero attached hydrogens (tertiary/aromatic N) is 2. The van der Waals surface area contributed by atoms with Crippen LogP contribution in [0, 0.1) is 11.3 Å². The Bertz CT molecular complexity index is 576. The van der Waals surface area contributed by atoms with Gasteiger partial charge >= 0.3 is 6.09 Å². The van der Waals surface area contributed by atoms with Crippen LogP contribution in [0.5, 0.6) is 0 Å². The second-order valence-electron chi connectivity index (χ2n) is 7.38. The van der Waals surface area contributed by atoms with Gasteiger partial charge < -0.3 is 9.64 Å². The lowest BCUT2D eigenvalue weighted by Crippen LogP contribution is -2.44. The van der Waals surface area contributed by atoms with Crippen molar-refractivity contribution in [3.63, 3.8) is 0 Å². The van der Waals surface area contributed by atoms with E-state index < -0.39 is 11.0 Å². The summed E-state index contributed by atoms with van der Waals surface area (Å²) in [6.45, 7) is 5.61. The number of hydrogen-bond acceptors (Lipinski definition) is 3. The van der Waals surface area contributed by atoms with Crippen molar-refractivity contribution in [1.82, 2.24) is 4.90 Å². The van der Waals surface area contributed by atoms with E-state index in [1.54, 1.807) is 11.9 Å². The molecule has 1 fully saturated rings. The summed E-state index contributed by atoms with van der Waals surface area (Å²) < 4.78 is 5.44. The van der Waals surface area contributed by atoms with E-state index in [4.69, 9.17) is 4.74 Å². The van der Waals surface area contributed by atoms with Gasteiger partial charge in [-0.05, 0) is 52.0 Å². The van der Waals surface area contributed by atoms with Gasteiger partial charge in [0, 0.05) is 13.1 Å². The lowest BCUT2D eigenvalue weighted by Gasteiger charge is -2.39. The third-order valence-corrected chi connectivity index (χ3v) is 4.58. The van der Waals surface area contributed by atoms with Crippen LogP contribution in [0.1, 0.15) is 52.0 Å². The summed E-state index contributed by atoms with van der Waals surface area (Å²) in [6.07, 6.45) is 2.89. The molecule has 1 aliphatic rings. The van der Waals surface area contributed by atoms with Crippen LogP contribution in [-0.2, 0) is 10.2 Å². The van der Waals surface area contributed by atoms with Crippen molar-refractivity contribution in [3.05, 3.63) is 35.9 Å². The standard InChI is InChI=1S/C19H26N2O2/c1-18(2,3)23-17(22)21(4)16-10-12-19(14-20,13-11-16)15-8-6-5-7-9-15/h5-9,16H,10-13H2,1-4H3. The average Bonchev–Trinajstić information content (AvgIpc) is 2.53. The van der Waals surface area contributed by atoms with E-state index in [2.05, 4.69) is 6.07 Å². The molecule has 1 amide bonds. The van der Waals surface area contributed by atoms with Crippen molar-refractivity contribution in [2.24, 2.45) is 0 Å². The second kappa shape index (κ2) is 6.62. The topological polar surface area (TPSA) is 53.3 Å². The molecule has 0 radical (unpaired) electrons.